The van der Waals surface area contributed by atoms with Crippen LogP contribution in [0.5, 0.6) is 0 Å². The Morgan fingerprint density at radius 1 is 1.24 bits per heavy atom. The first-order valence-corrected chi connectivity index (χ1v) is 7.58. The number of aromatic nitrogens is 2. The molecule has 1 amide bonds. The minimum Gasteiger partial charge on any atom is -0.378 e. The van der Waals surface area contributed by atoms with Gasteiger partial charge in [-0.2, -0.15) is 0 Å². The van der Waals surface area contributed by atoms with Crippen LogP contribution in [0.25, 0.3) is 0 Å². The Morgan fingerprint density at radius 3 is 2.67 bits per heavy atom. The topological polar surface area (TPSA) is 58.6 Å². The molecule has 0 unspecified atom stereocenters. The molecular weight excluding hydrogens is 268 g/mol. The normalized spacial score (nSPS) is 26.7. The molecule has 114 valence electrons. The molecule has 1 atom stereocenters. The minimum atomic E-state index is -0.352. The van der Waals surface area contributed by atoms with Crippen molar-refractivity contribution < 1.29 is 9.53 Å². The van der Waals surface area contributed by atoms with Crippen molar-refractivity contribution in [2.24, 2.45) is 5.41 Å². The number of anilines is 1. The zero-order valence-corrected chi connectivity index (χ0v) is 12.5. The van der Waals surface area contributed by atoms with E-state index in [4.69, 9.17) is 4.74 Å². The number of piperidine rings is 1. The second kappa shape index (κ2) is 5.97. The van der Waals surface area contributed by atoms with Crippen molar-refractivity contribution in [1.82, 2.24) is 14.9 Å². The molecule has 21 heavy (non-hydrogen) atoms. The van der Waals surface area contributed by atoms with Gasteiger partial charge in [0.15, 0.2) is 0 Å². The summed E-state index contributed by atoms with van der Waals surface area (Å²) in [4.78, 5) is 25.5. The number of amides is 1. The number of hydrogen-bond donors (Lipinski definition) is 0. The second-order valence-corrected chi connectivity index (χ2v) is 6.04. The molecule has 0 aromatic carbocycles. The summed E-state index contributed by atoms with van der Waals surface area (Å²) >= 11 is 0. The molecule has 0 N–H and O–H groups in total. The van der Waals surface area contributed by atoms with Crippen LogP contribution in [0.15, 0.2) is 18.5 Å². The van der Waals surface area contributed by atoms with Crippen molar-refractivity contribution in [3.05, 3.63) is 18.5 Å². The second-order valence-electron chi connectivity index (χ2n) is 6.04. The summed E-state index contributed by atoms with van der Waals surface area (Å²) in [7, 11) is 0. The molecule has 2 saturated heterocycles. The lowest BCUT2D eigenvalue weighted by atomic mass is 9.80. The first-order chi connectivity index (χ1) is 10.2. The molecule has 3 heterocycles. The average Bonchev–Trinajstić information content (AvgIpc) is 2.56. The summed E-state index contributed by atoms with van der Waals surface area (Å²) in [6, 6.07) is 1.81. The molecule has 2 fully saturated rings. The van der Waals surface area contributed by atoms with E-state index in [9.17, 15) is 4.79 Å². The maximum absolute atomic E-state index is 12.9. The van der Waals surface area contributed by atoms with Crippen LogP contribution in [0.4, 0.5) is 5.95 Å². The van der Waals surface area contributed by atoms with Crippen LogP contribution < -0.4 is 4.90 Å². The summed E-state index contributed by atoms with van der Waals surface area (Å²) < 4.78 is 5.34. The lowest BCUT2D eigenvalue weighted by molar-refractivity contribution is -0.146. The quantitative estimate of drug-likeness (QED) is 0.811. The Hall–Kier alpha value is -1.69. The monoisotopic (exact) mass is 290 g/mol. The minimum absolute atomic E-state index is 0.242. The predicted molar refractivity (Wildman–Crippen MR) is 79.0 cm³/mol. The van der Waals surface area contributed by atoms with E-state index in [0.29, 0.717) is 32.8 Å². The maximum Gasteiger partial charge on any atom is 0.230 e. The zero-order valence-electron chi connectivity index (χ0n) is 12.5. The summed E-state index contributed by atoms with van der Waals surface area (Å²) in [5.74, 6) is 0.963. The molecule has 3 rings (SSSR count). The molecule has 2 aliphatic heterocycles. The first kappa shape index (κ1) is 14.3. The number of hydrogen-bond acceptors (Lipinski definition) is 5. The number of morpholine rings is 1. The number of ether oxygens (including phenoxy) is 1. The molecule has 1 aromatic heterocycles. The molecular formula is C15H22N4O2. The van der Waals surface area contributed by atoms with Crippen molar-refractivity contribution in [2.45, 2.75) is 19.8 Å². The lowest BCUT2D eigenvalue weighted by Crippen LogP contribution is -2.54. The van der Waals surface area contributed by atoms with E-state index in [0.717, 1.165) is 25.3 Å². The van der Waals surface area contributed by atoms with Gasteiger partial charge < -0.3 is 14.5 Å². The van der Waals surface area contributed by atoms with Crippen LogP contribution >= 0.6 is 0 Å². The number of carbonyl (C=O) groups is 1. The SMILES string of the molecule is C[C@@]1(C(=O)N2CCOCC2)CCCN(c2ncccn2)C1. The largest absolute Gasteiger partial charge is 0.378 e. The lowest BCUT2D eigenvalue weighted by Gasteiger charge is -2.42. The van der Waals surface area contributed by atoms with Gasteiger partial charge in [0.1, 0.15) is 0 Å². The van der Waals surface area contributed by atoms with Gasteiger partial charge >= 0.3 is 0 Å². The smallest absolute Gasteiger partial charge is 0.230 e. The number of carbonyl (C=O) groups excluding carboxylic acids is 1. The van der Waals surface area contributed by atoms with Crippen LogP contribution in [0.1, 0.15) is 19.8 Å². The van der Waals surface area contributed by atoms with Gasteiger partial charge in [0, 0.05) is 38.6 Å². The third kappa shape index (κ3) is 3.00. The van der Waals surface area contributed by atoms with E-state index in [1.54, 1.807) is 12.4 Å². The highest BCUT2D eigenvalue weighted by atomic mass is 16.5. The van der Waals surface area contributed by atoms with Gasteiger partial charge in [0.25, 0.3) is 0 Å². The highest BCUT2D eigenvalue weighted by molar-refractivity contribution is 5.83. The van der Waals surface area contributed by atoms with Gasteiger partial charge in [-0.15, -0.1) is 0 Å². The molecule has 0 spiro atoms. The Bertz CT molecular complexity index is 490. The maximum atomic E-state index is 12.9. The van der Waals surface area contributed by atoms with E-state index in [1.807, 2.05) is 11.0 Å². The van der Waals surface area contributed by atoms with Gasteiger partial charge in [-0.1, -0.05) is 0 Å². The van der Waals surface area contributed by atoms with Crippen molar-refractivity contribution in [3.8, 4) is 0 Å². The molecule has 0 bridgehead atoms. The van der Waals surface area contributed by atoms with Crippen molar-refractivity contribution in [2.75, 3.05) is 44.3 Å². The molecule has 0 saturated carbocycles. The van der Waals surface area contributed by atoms with Crippen molar-refractivity contribution in [1.29, 1.82) is 0 Å². The van der Waals surface area contributed by atoms with Gasteiger partial charge in [-0.05, 0) is 25.8 Å². The molecule has 6 nitrogen and oxygen atoms in total. The van der Waals surface area contributed by atoms with Crippen LogP contribution in [0, 0.1) is 5.41 Å². The summed E-state index contributed by atoms with van der Waals surface area (Å²) in [5, 5.41) is 0. The van der Waals surface area contributed by atoms with Crippen LogP contribution in [-0.4, -0.2) is 60.2 Å². The Kier molecular flexibility index (Phi) is 4.05. The van der Waals surface area contributed by atoms with Gasteiger partial charge in [-0.3, -0.25) is 4.79 Å². The van der Waals surface area contributed by atoms with Gasteiger partial charge in [0.05, 0.1) is 18.6 Å². The Balaban J connectivity index is 1.73. The highest BCUT2D eigenvalue weighted by Gasteiger charge is 2.41. The van der Waals surface area contributed by atoms with Crippen molar-refractivity contribution in [3.63, 3.8) is 0 Å². The fourth-order valence-electron chi connectivity index (χ4n) is 3.19. The fourth-order valence-corrected chi connectivity index (χ4v) is 3.19. The van der Waals surface area contributed by atoms with Crippen molar-refractivity contribution >= 4 is 11.9 Å². The summed E-state index contributed by atoms with van der Waals surface area (Å²) in [6.45, 7) is 6.37. The molecule has 6 heteroatoms. The van der Waals surface area contributed by atoms with Crippen LogP contribution in [0.2, 0.25) is 0 Å². The third-order valence-electron chi connectivity index (χ3n) is 4.35. The van der Waals surface area contributed by atoms with Crippen LogP contribution in [0.3, 0.4) is 0 Å². The summed E-state index contributed by atoms with van der Waals surface area (Å²) in [5.41, 5.74) is -0.352. The van der Waals surface area contributed by atoms with E-state index < -0.39 is 0 Å². The Morgan fingerprint density at radius 2 is 1.95 bits per heavy atom. The van der Waals surface area contributed by atoms with Gasteiger partial charge in [-0.25, -0.2) is 9.97 Å². The van der Waals surface area contributed by atoms with Gasteiger partial charge in [0.2, 0.25) is 11.9 Å². The fraction of sp³-hybridized carbons (Fsp3) is 0.667. The Labute approximate surface area is 125 Å². The van der Waals surface area contributed by atoms with E-state index >= 15 is 0 Å². The number of nitrogens with zero attached hydrogens (tertiary/aromatic N) is 4. The molecule has 2 aliphatic rings. The zero-order chi connectivity index (χ0) is 14.7. The number of rotatable bonds is 2. The average molecular weight is 290 g/mol. The highest BCUT2D eigenvalue weighted by Crippen LogP contribution is 2.33. The first-order valence-electron chi connectivity index (χ1n) is 7.58. The molecule has 0 radical (unpaired) electrons. The molecule has 1 aromatic rings. The predicted octanol–water partition coefficient (Wildman–Crippen LogP) is 0.942. The van der Waals surface area contributed by atoms with E-state index in [-0.39, 0.29) is 11.3 Å². The third-order valence-corrected chi connectivity index (χ3v) is 4.35. The molecule has 0 aliphatic carbocycles. The van der Waals surface area contributed by atoms with E-state index in [2.05, 4.69) is 21.8 Å². The summed E-state index contributed by atoms with van der Waals surface area (Å²) in [6.07, 6.45) is 5.41. The standard InChI is InChI=1S/C15H22N4O2/c1-15(13(20)18-8-10-21-11-9-18)4-2-7-19(12-15)14-16-5-3-6-17-14/h3,5-6H,2,4,7-12H2,1H3/t15-/m1/s1. The van der Waals surface area contributed by atoms with E-state index in [1.165, 1.54) is 0 Å². The van der Waals surface area contributed by atoms with Crippen LogP contribution in [-0.2, 0) is 9.53 Å².